The van der Waals surface area contributed by atoms with Gasteiger partial charge in [-0.05, 0) is 20.0 Å². The monoisotopic (exact) mass is 209 g/mol. The van der Waals surface area contributed by atoms with E-state index in [1.165, 1.54) is 5.56 Å². The van der Waals surface area contributed by atoms with E-state index in [0.717, 1.165) is 17.9 Å². The summed E-state index contributed by atoms with van der Waals surface area (Å²) >= 11 is 0. The highest BCUT2D eigenvalue weighted by atomic mass is 16.5. The van der Waals surface area contributed by atoms with Crippen molar-refractivity contribution in [1.82, 2.24) is 5.32 Å². The van der Waals surface area contributed by atoms with Crippen LogP contribution >= 0.6 is 0 Å². The minimum absolute atomic E-state index is 0.0878. The molecule has 0 bridgehead atoms. The number of aliphatic hydroxyl groups excluding tert-OH is 1. The molecule has 0 aromatic heterocycles. The molecule has 0 radical (unpaired) electrons. The van der Waals surface area contributed by atoms with Gasteiger partial charge in [-0.1, -0.05) is 17.7 Å². The van der Waals surface area contributed by atoms with Crippen molar-refractivity contribution in [3.8, 4) is 5.75 Å². The Morgan fingerprint density at radius 1 is 1.47 bits per heavy atom. The second-order valence-electron chi connectivity index (χ2n) is 3.68. The standard InChI is InChI=1S/C12H19NO2/c1-9-4-5-12(15-3)11(6-9)10(8-14)7-13-2/h4-6,10,13-14H,7-8H2,1-3H3. The fourth-order valence-corrected chi connectivity index (χ4v) is 1.69. The highest BCUT2D eigenvalue weighted by Crippen LogP contribution is 2.27. The fraction of sp³-hybridized carbons (Fsp3) is 0.500. The normalized spacial score (nSPS) is 12.5. The van der Waals surface area contributed by atoms with E-state index in [1.54, 1.807) is 7.11 Å². The number of ether oxygens (including phenoxy) is 1. The number of aryl methyl sites for hydroxylation is 1. The van der Waals surface area contributed by atoms with Crippen molar-refractivity contribution in [2.45, 2.75) is 12.8 Å². The third-order valence-corrected chi connectivity index (χ3v) is 2.50. The first kappa shape index (κ1) is 12.0. The summed E-state index contributed by atoms with van der Waals surface area (Å²) in [5, 5.41) is 12.4. The van der Waals surface area contributed by atoms with Gasteiger partial charge in [0.05, 0.1) is 13.7 Å². The lowest BCUT2D eigenvalue weighted by Crippen LogP contribution is -2.20. The van der Waals surface area contributed by atoms with Crippen LogP contribution in [0.2, 0.25) is 0 Å². The molecule has 3 heteroatoms. The number of likely N-dealkylation sites (N-methyl/N-ethyl adjacent to an activating group) is 1. The molecule has 0 saturated heterocycles. The summed E-state index contributed by atoms with van der Waals surface area (Å²) in [4.78, 5) is 0. The van der Waals surface area contributed by atoms with Gasteiger partial charge in [-0.25, -0.2) is 0 Å². The van der Waals surface area contributed by atoms with Crippen LogP contribution in [0.1, 0.15) is 17.0 Å². The van der Waals surface area contributed by atoms with Gasteiger partial charge < -0.3 is 15.2 Å². The van der Waals surface area contributed by atoms with Crippen LogP contribution in [-0.4, -0.2) is 32.4 Å². The van der Waals surface area contributed by atoms with Crippen LogP contribution in [0.15, 0.2) is 18.2 Å². The van der Waals surface area contributed by atoms with E-state index in [4.69, 9.17) is 4.74 Å². The molecule has 1 aromatic carbocycles. The highest BCUT2D eigenvalue weighted by Gasteiger charge is 2.14. The van der Waals surface area contributed by atoms with Gasteiger partial charge in [-0.2, -0.15) is 0 Å². The fourth-order valence-electron chi connectivity index (χ4n) is 1.69. The SMILES string of the molecule is CNCC(CO)c1cc(C)ccc1OC. The van der Waals surface area contributed by atoms with E-state index in [-0.39, 0.29) is 12.5 Å². The predicted octanol–water partition coefficient (Wildman–Crippen LogP) is 1.30. The number of benzene rings is 1. The van der Waals surface area contributed by atoms with Crippen molar-refractivity contribution in [2.24, 2.45) is 0 Å². The summed E-state index contributed by atoms with van der Waals surface area (Å²) in [6.07, 6.45) is 0. The summed E-state index contributed by atoms with van der Waals surface area (Å²) < 4.78 is 5.29. The molecule has 1 atom stereocenters. The van der Waals surface area contributed by atoms with E-state index in [1.807, 2.05) is 26.1 Å². The van der Waals surface area contributed by atoms with E-state index in [0.29, 0.717) is 0 Å². The average molecular weight is 209 g/mol. The Labute approximate surface area is 91.1 Å². The van der Waals surface area contributed by atoms with Crippen molar-refractivity contribution in [3.05, 3.63) is 29.3 Å². The number of hydrogen-bond acceptors (Lipinski definition) is 3. The van der Waals surface area contributed by atoms with Crippen molar-refractivity contribution in [1.29, 1.82) is 0 Å². The van der Waals surface area contributed by atoms with Crippen LogP contribution in [-0.2, 0) is 0 Å². The Bertz CT molecular complexity index is 312. The van der Waals surface area contributed by atoms with Gasteiger partial charge in [0.2, 0.25) is 0 Å². The predicted molar refractivity (Wildman–Crippen MR) is 61.5 cm³/mol. The summed E-state index contributed by atoms with van der Waals surface area (Å²) in [6, 6.07) is 6.02. The van der Waals surface area contributed by atoms with E-state index >= 15 is 0 Å². The second-order valence-corrected chi connectivity index (χ2v) is 3.68. The van der Waals surface area contributed by atoms with Crippen LogP contribution in [0, 0.1) is 6.92 Å². The molecule has 1 rings (SSSR count). The zero-order chi connectivity index (χ0) is 11.3. The van der Waals surface area contributed by atoms with Crippen LogP contribution in [0.25, 0.3) is 0 Å². The van der Waals surface area contributed by atoms with Gasteiger partial charge in [0.15, 0.2) is 0 Å². The largest absolute Gasteiger partial charge is 0.496 e. The van der Waals surface area contributed by atoms with Gasteiger partial charge in [0.25, 0.3) is 0 Å². The molecule has 0 fully saturated rings. The van der Waals surface area contributed by atoms with Crippen molar-refractivity contribution < 1.29 is 9.84 Å². The van der Waals surface area contributed by atoms with Crippen LogP contribution in [0.4, 0.5) is 0 Å². The Morgan fingerprint density at radius 2 is 2.20 bits per heavy atom. The number of nitrogens with one attached hydrogen (secondary N) is 1. The lowest BCUT2D eigenvalue weighted by molar-refractivity contribution is 0.260. The summed E-state index contributed by atoms with van der Waals surface area (Å²) in [6.45, 7) is 2.91. The zero-order valence-corrected chi connectivity index (χ0v) is 9.58. The molecule has 3 nitrogen and oxygen atoms in total. The number of hydrogen-bond donors (Lipinski definition) is 2. The van der Waals surface area contributed by atoms with E-state index < -0.39 is 0 Å². The van der Waals surface area contributed by atoms with Gasteiger partial charge in [-0.3, -0.25) is 0 Å². The van der Waals surface area contributed by atoms with Gasteiger partial charge in [-0.15, -0.1) is 0 Å². The molecule has 2 N–H and O–H groups in total. The first-order valence-electron chi connectivity index (χ1n) is 5.13. The Morgan fingerprint density at radius 3 is 2.73 bits per heavy atom. The summed E-state index contributed by atoms with van der Waals surface area (Å²) in [5.74, 6) is 0.930. The Kier molecular flexibility index (Phi) is 4.59. The van der Waals surface area contributed by atoms with Gasteiger partial charge in [0, 0.05) is 18.0 Å². The highest BCUT2D eigenvalue weighted by molar-refractivity contribution is 5.39. The van der Waals surface area contributed by atoms with Gasteiger partial charge in [0.1, 0.15) is 5.75 Å². The van der Waals surface area contributed by atoms with Crippen molar-refractivity contribution >= 4 is 0 Å². The zero-order valence-electron chi connectivity index (χ0n) is 9.58. The Hall–Kier alpha value is -1.06. The molecule has 15 heavy (non-hydrogen) atoms. The average Bonchev–Trinajstić information content (AvgIpc) is 2.26. The van der Waals surface area contributed by atoms with Crippen molar-refractivity contribution in [3.63, 3.8) is 0 Å². The smallest absolute Gasteiger partial charge is 0.122 e. The van der Waals surface area contributed by atoms with Crippen LogP contribution < -0.4 is 10.1 Å². The van der Waals surface area contributed by atoms with E-state index in [2.05, 4.69) is 11.4 Å². The number of rotatable bonds is 5. The van der Waals surface area contributed by atoms with Crippen LogP contribution in [0.3, 0.4) is 0 Å². The molecular formula is C12H19NO2. The minimum Gasteiger partial charge on any atom is -0.496 e. The minimum atomic E-state index is 0.0878. The van der Waals surface area contributed by atoms with Gasteiger partial charge >= 0.3 is 0 Å². The lowest BCUT2D eigenvalue weighted by Gasteiger charge is -2.17. The first-order valence-corrected chi connectivity index (χ1v) is 5.13. The quantitative estimate of drug-likeness (QED) is 0.768. The molecular weight excluding hydrogens is 190 g/mol. The molecule has 0 spiro atoms. The summed E-state index contributed by atoms with van der Waals surface area (Å²) in [5.41, 5.74) is 2.25. The lowest BCUT2D eigenvalue weighted by atomic mass is 9.97. The molecule has 1 aromatic rings. The molecule has 84 valence electrons. The topological polar surface area (TPSA) is 41.5 Å². The molecule has 0 amide bonds. The van der Waals surface area contributed by atoms with Crippen molar-refractivity contribution in [2.75, 3.05) is 27.3 Å². The molecule has 0 aliphatic rings. The number of methoxy groups -OCH3 is 1. The Balaban J connectivity index is 3.02. The molecule has 1 unspecified atom stereocenters. The molecule has 0 aliphatic carbocycles. The molecule has 0 aliphatic heterocycles. The maximum atomic E-state index is 9.33. The van der Waals surface area contributed by atoms with Crippen LogP contribution in [0.5, 0.6) is 5.75 Å². The maximum absolute atomic E-state index is 9.33. The second kappa shape index (κ2) is 5.73. The maximum Gasteiger partial charge on any atom is 0.122 e. The molecule has 0 heterocycles. The van der Waals surface area contributed by atoms with E-state index in [9.17, 15) is 5.11 Å². The first-order chi connectivity index (χ1) is 7.22. The number of aliphatic hydroxyl groups is 1. The third-order valence-electron chi connectivity index (χ3n) is 2.50. The summed E-state index contributed by atoms with van der Waals surface area (Å²) in [7, 11) is 3.53. The molecule has 0 saturated carbocycles. The third kappa shape index (κ3) is 2.94.